The van der Waals surface area contributed by atoms with Crippen molar-refractivity contribution < 1.29 is 42.2 Å². The molecule has 14 rings (SSSR count). The van der Waals surface area contributed by atoms with Crippen molar-refractivity contribution in [2.24, 2.45) is 0 Å². The number of hydrogen-bond donors (Lipinski definition) is 0. The molecule has 3 heterocycles. The van der Waals surface area contributed by atoms with Crippen molar-refractivity contribution in [1.82, 2.24) is 14.1 Å². The normalized spacial score (nSPS) is 16.1. The van der Waals surface area contributed by atoms with Crippen LogP contribution in [0.15, 0.2) is 261 Å². The summed E-state index contributed by atoms with van der Waals surface area (Å²) in [5.41, 5.74) is -1.34. The van der Waals surface area contributed by atoms with Gasteiger partial charge in [0.05, 0.1) is 58.1 Å². The highest BCUT2D eigenvalue weighted by Gasteiger charge is 2.27. The van der Waals surface area contributed by atoms with E-state index in [1.807, 2.05) is 108 Å². The summed E-state index contributed by atoms with van der Waals surface area (Å²) >= 11 is 0. The van der Waals surface area contributed by atoms with Crippen LogP contribution in [0.1, 0.15) is 123 Å². The van der Waals surface area contributed by atoms with Gasteiger partial charge in [-0.25, -0.2) is 4.98 Å². The molecule has 5 nitrogen and oxygen atoms in total. The number of benzene rings is 11. The molecule has 0 bridgehead atoms. The molecule has 0 amide bonds. The molecule has 0 fully saturated rings. The molecule has 0 aliphatic rings. The number of aromatic nitrogens is 4. The van der Waals surface area contributed by atoms with Gasteiger partial charge < -0.3 is 4.74 Å². The highest BCUT2D eigenvalue weighted by molar-refractivity contribution is 6.09. The van der Waals surface area contributed by atoms with Crippen molar-refractivity contribution in [3.05, 3.63) is 295 Å². The Bertz CT molecular complexity index is 6220. The molecule has 0 radical (unpaired) electrons. The first-order chi connectivity index (χ1) is 53.7. The van der Waals surface area contributed by atoms with E-state index in [0.717, 1.165) is 38.5 Å². The van der Waals surface area contributed by atoms with Gasteiger partial charge in [-0.2, -0.15) is 0 Å². The zero-order valence-corrected chi connectivity index (χ0v) is 51.6. The topological polar surface area (TPSA) is 35.9 Å². The van der Waals surface area contributed by atoms with E-state index < -0.39 is 167 Å². The van der Waals surface area contributed by atoms with Crippen LogP contribution in [0.4, 0.5) is 0 Å². The van der Waals surface area contributed by atoms with Crippen molar-refractivity contribution in [3.8, 4) is 95.5 Å². The number of aryl methyl sites for hydroxylation is 2. The van der Waals surface area contributed by atoms with E-state index >= 15 is 0 Å². The molecule has 0 saturated carbocycles. The number of nitrogens with zero attached hydrogens (tertiary/aromatic N) is 4. The second-order valence-corrected chi connectivity index (χ2v) is 25.7. The first-order valence-electron chi connectivity index (χ1n) is 41.9. The maximum absolute atomic E-state index is 10.8. The Hall–Kier alpha value is -10.4. The Morgan fingerprint density at radius 2 is 1.01 bits per heavy atom. The van der Waals surface area contributed by atoms with Gasteiger partial charge in [-0.05, 0) is 209 Å². The van der Waals surface area contributed by atoms with Gasteiger partial charge >= 0.3 is 0 Å². The summed E-state index contributed by atoms with van der Waals surface area (Å²) in [5, 5.41) is 1.88. The van der Waals surface area contributed by atoms with Crippen molar-refractivity contribution in [2.75, 3.05) is 0 Å². The number of para-hydroxylation sites is 1. The number of fused-ring (bicyclic) bond motifs is 4. The zero-order valence-electron chi connectivity index (χ0n) is 75.6. The quantitative estimate of drug-likeness (QED) is 0.0956. The van der Waals surface area contributed by atoms with Crippen LogP contribution in [0, 0.1) is 20.0 Å². The molecule has 0 atom stereocenters. The van der Waals surface area contributed by atoms with Crippen LogP contribution in [0.3, 0.4) is 0 Å². The second-order valence-electron chi connectivity index (χ2n) is 25.7. The summed E-state index contributed by atoms with van der Waals surface area (Å²) in [6.45, 7) is 12.5. The predicted molar refractivity (Wildman–Crippen MR) is 380 cm³/mol. The molecule has 446 valence electrons. The molecule has 0 unspecified atom stereocenters. The number of pyridine rings is 1. The van der Waals surface area contributed by atoms with Gasteiger partial charge in [0.1, 0.15) is 17.3 Å². The maximum Gasteiger partial charge on any atom is 0.269 e. The summed E-state index contributed by atoms with van der Waals surface area (Å²) in [4.78, 5) is 4.88. The first kappa shape index (κ1) is 37.0. The Morgan fingerprint density at radius 1 is 0.440 bits per heavy atom. The minimum Gasteiger partial charge on any atom is -0.458 e. The fourth-order valence-electron chi connectivity index (χ4n) is 11.7. The molecular formula is C86H76N4O. The van der Waals surface area contributed by atoms with Gasteiger partial charge in [-0.1, -0.05) is 226 Å². The van der Waals surface area contributed by atoms with Crippen LogP contribution >= 0.6 is 0 Å². The van der Waals surface area contributed by atoms with Gasteiger partial charge in [-0.15, -0.1) is 0 Å². The summed E-state index contributed by atoms with van der Waals surface area (Å²) in [6.07, 6.45) is 5.35. The highest BCUT2D eigenvalue weighted by Crippen LogP contribution is 2.45. The van der Waals surface area contributed by atoms with E-state index in [-0.39, 0.29) is 66.8 Å². The molecule has 11 aromatic carbocycles. The van der Waals surface area contributed by atoms with Gasteiger partial charge in [0.15, 0.2) is 0 Å². The van der Waals surface area contributed by atoms with Gasteiger partial charge in [0.2, 0.25) is 0 Å². The molecule has 0 aliphatic carbocycles. The van der Waals surface area contributed by atoms with E-state index in [1.54, 1.807) is 53.2 Å². The number of ether oxygens (including phenoxy) is 1. The lowest BCUT2D eigenvalue weighted by Crippen LogP contribution is -2.31. The van der Waals surface area contributed by atoms with Crippen LogP contribution in [-0.2, 0) is 16.2 Å². The predicted octanol–water partition coefficient (Wildman–Crippen LogP) is 22.5. The van der Waals surface area contributed by atoms with Crippen LogP contribution in [0.5, 0.6) is 11.5 Å². The Morgan fingerprint density at radius 3 is 1.64 bits per heavy atom. The number of rotatable bonds is 11. The van der Waals surface area contributed by atoms with E-state index in [0.29, 0.717) is 22.8 Å². The third kappa shape index (κ3) is 11.2. The molecule has 14 aromatic rings. The van der Waals surface area contributed by atoms with Crippen molar-refractivity contribution >= 4 is 32.8 Å². The average molecular weight is 1210 g/mol. The van der Waals surface area contributed by atoms with Crippen LogP contribution in [-0.4, -0.2) is 14.1 Å². The van der Waals surface area contributed by atoms with E-state index in [1.165, 1.54) is 34.9 Å². The van der Waals surface area contributed by atoms with Gasteiger partial charge in [0.25, 0.3) is 6.33 Å². The summed E-state index contributed by atoms with van der Waals surface area (Å²) in [5.74, 6) is 1.35. The largest absolute Gasteiger partial charge is 0.458 e. The Labute approximate surface area is 569 Å². The average Bonchev–Trinajstić information content (AvgIpc) is 1.29. The number of imidazole rings is 1. The second kappa shape index (κ2) is 22.9. The molecule has 3 aromatic heterocycles. The van der Waals surface area contributed by atoms with Gasteiger partial charge in [-0.3, -0.25) is 13.7 Å². The summed E-state index contributed by atoms with van der Waals surface area (Å²) in [6, 6.07) is 26.5. The molecule has 0 N–H and O–H groups in total. The SMILES string of the molecule is [2H]c1c([2H])c([2H])c(-c2cc(-c3cc(C(C)(C)C)cc(C(C)(C)C)c3)c(-[n+]3[c-]n(-c4cccc(Oc5ccc6c7ccccc7n(-c7cc(C(C)(C)C)ccn7)c6c5)c4)c4cc(-c5c(C([2H])([2H])[2H])cccc5C([2H])([2H])[2H])ccc43)c(-c3c([2H])c(-c4c([2H])c([2H])c([2H])c([2H])c4[2H])c([2H])c(-c4c([2H])c([2H])c([2H])c([2H])c4[2H])c3[2H])c2)c([2H])c1[2H]. The van der Waals surface area contributed by atoms with Crippen LogP contribution in [0.25, 0.3) is 117 Å². The van der Waals surface area contributed by atoms with Crippen LogP contribution in [0.2, 0.25) is 0 Å². The standard InChI is InChI=1S/C86H76N4O/c1-56-25-23-26-57(2)82(56)61-37-40-78-80(50-61)88(70-33-24-34-71(53-70)91-72-38-39-74-73-35-21-22-36-77(73)90(79(74)54-72)81-52-67(41-42-87-81)84(3,4)5)55-89(78)83-75(65-44-62(58-27-15-12-16-28-58)43-63(45-65)59-29-17-13-18-30-59)48-64(60-31-19-14-20-32-60)49-76(83)66-46-68(85(6,7)8)51-69(47-66)86(9,10)11/h12-54H,1-11H3/i1D3,2D3,12D,13D,14D,15D,16D,17D,18D,19D,20D,27D,28D,29D,30D,31D,32D,43D,44D,45D. The molecule has 0 saturated heterocycles. The molecule has 91 heavy (non-hydrogen) atoms. The Kier molecular flexibility index (Phi) is 9.30. The van der Waals surface area contributed by atoms with E-state index in [9.17, 15) is 12.3 Å². The molecule has 0 aliphatic heterocycles. The molecule has 5 heteroatoms. The number of hydrogen-bond acceptors (Lipinski definition) is 2. The molecular weight excluding hydrogens is 1100 g/mol. The van der Waals surface area contributed by atoms with Crippen molar-refractivity contribution in [3.63, 3.8) is 0 Å². The van der Waals surface area contributed by atoms with E-state index in [2.05, 4.69) is 37.7 Å². The lowest BCUT2D eigenvalue weighted by molar-refractivity contribution is -0.571. The summed E-state index contributed by atoms with van der Waals surface area (Å²) < 4.78 is 235. The van der Waals surface area contributed by atoms with Crippen LogP contribution < -0.4 is 9.30 Å². The fraction of sp³-hybridized carbons (Fsp3) is 0.163. The van der Waals surface area contributed by atoms with Gasteiger partial charge in [0, 0.05) is 31.3 Å². The smallest absolute Gasteiger partial charge is 0.269 e. The zero-order chi connectivity index (χ0) is 83.6. The first-order valence-corrected chi connectivity index (χ1v) is 29.9. The highest BCUT2D eigenvalue weighted by atomic mass is 16.5. The maximum atomic E-state index is 10.8. The summed E-state index contributed by atoms with van der Waals surface area (Å²) in [7, 11) is 0. The van der Waals surface area contributed by atoms with E-state index in [4.69, 9.17) is 30.3 Å². The fourth-order valence-corrected chi connectivity index (χ4v) is 11.7. The Balaban J connectivity index is 1.17. The lowest BCUT2D eigenvalue weighted by Gasteiger charge is -2.27. The minimum atomic E-state index is -2.90. The van der Waals surface area contributed by atoms with Crippen molar-refractivity contribution in [1.29, 1.82) is 0 Å². The third-order valence-corrected chi connectivity index (χ3v) is 16.4. The van der Waals surface area contributed by atoms with Crippen molar-refractivity contribution in [2.45, 2.75) is 92.3 Å². The third-order valence-electron chi connectivity index (χ3n) is 16.4. The lowest BCUT2D eigenvalue weighted by atomic mass is 9.78. The monoisotopic (exact) mass is 1200 g/mol. The molecule has 0 spiro atoms. The minimum absolute atomic E-state index is 0.0676.